The Kier molecular flexibility index (Phi) is 5.73. The van der Waals surface area contributed by atoms with Gasteiger partial charge in [0.2, 0.25) is 5.91 Å². The smallest absolute Gasteiger partial charge is 0.234 e. The van der Waals surface area contributed by atoms with Gasteiger partial charge in [-0.3, -0.25) is 9.69 Å². The van der Waals surface area contributed by atoms with E-state index >= 15 is 0 Å². The average molecular weight is 292 g/mol. The molecule has 2 rings (SSSR count). The highest BCUT2D eigenvalue weighted by Gasteiger charge is 2.31. The predicted molar refractivity (Wildman–Crippen MR) is 80.8 cm³/mol. The van der Waals surface area contributed by atoms with Gasteiger partial charge in [-0.2, -0.15) is 0 Å². The summed E-state index contributed by atoms with van der Waals surface area (Å²) in [5.74, 6) is -0.0305. The molecule has 0 unspecified atom stereocenters. The Balaban J connectivity index is 1.71. The summed E-state index contributed by atoms with van der Waals surface area (Å²) in [6.07, 6.45) is 1.26. The standard InChI is InChI=1S/C16H24N2O3/c1-18(13-16(20)7-9-21-10-8-16)12-15(19)17-11-14-5-3-2-4-6-14/h2-6,20H,7-13H2,1H3,(H,17,19). The molecule has 0 atom stereocenters. The van der Waals surface area contributed by atoms with Gasteiger partial charge in [0.05, 0.1) is 12.1 Å². The Morgan fingerprint density at radius 1 is 1.33 bits per heavy atom. The molecule has 0 aromatic heterocycles. The number of ether oxygens (including phenoxy) is 1. The molecule has 1 aliphatic rings. The summed E-state index contributed by atoms with van der Waals surface area (Å²) in [4.78, 5) is 13.8. The monoisotopic (exact) mass is 292 g/mol. The van der Waals surface area contributed by atoms with Crippen LogP contribution >= 0.6 is 0 Å². The van der Waals surface area contributed by atoms with Crippen molar-refractivity contribution in [2.24, 2.45) is 0 Å². The Morgan fingerprint density at radius 3 is 2.67 bits per heavy atom. The normalized spacial score (nSPS) is 17.7. The topological polar surface area (TPSA) is 61.8 Å². The summed E-state index contributed by atoms with van der Waals surface area (Å²) in [5, 5.41) is 13.3. The molecule has 0 aliphatic carbocycles. The van der Waals surface area contributed by atoms with Gasteiger partial charge in [-0.05, 0) is 12.6 Å². The zero-order valence-electron chi connectivity index (χ0n) is 12.5. The number of benzene rings is 1. The maximum absolute atomic E-state index is 11.9. The van der Waals surface area contributed by atoms with E-state index in [2.05, 4.69) is 5.32 Å². The molecule has 1 aliphatic heterocycles. The van der Waals surface area contributed by atoms with Crippen molar-refractivity contribution < 1.29 is 14.6 Å². The van der Waals surface area contributed by atoms with Crippen molar-refractivity contribution in [3.63, 3.8) is 0 Å². The molecule has 1 heterocycles. The SMILES string of the molecule is CN(CC(=O)NCc1ccccc1)CC1(O)CCOCC1. The lowest BCUT2D eigenvalue weighted by molar-refractivity contribution is -0.123. The van der Waals surface area contributed by atoms with Crippen LogP contribution in [0.25, 0.3) is 0 Å². The minimum absolute atomic E-state index is 0.0305. The first-order chi connectivity index (χ1) is 10.1. The number of nitrogens with zero attached hydrogens (tertiary/aromatic N) is 1. The Bertz CT molecular complexity index is 444. The van der Waals surface area contributed by atoms with Crippen molar-refractivity contribution in [1.82, 2.24) is 10.2 Å². The zero-order chi connectivity index (χ0) is 15.1. The molecule has 5 nitrogen and oxygen atoms in total. The predicted octanol–water partition coefficient (Wildman–Crippen LogP) is 0.776. The first kappa shape index (κ1) is 15.9. The van der Waals surface area contributed by atoms with Crippen LogP contribution in [0, 0.1) is 0 Å². The van der Waals surface area contributed by atoms with Crippen LogP contribution in [0.2, 0.25) is 0 Å². The number of nitrogens with one attached hydrogen (secondary N) is 1. The van der Waals surface area contributed by atoms with Crippen LogP contribution in [0.15, 0.2) is 30.3 Å². The van der Waals surface area contributed by atoms with Gasteiger partial charge in [0.25, 0.3) is 0 Å². The van der Waals surface area contributed by atoms with Crippen LogP contribution in [-0.2, 0) is 16.1 Å². The highest BCUT2D eigenvalue weighted by Crippen LogP contribution is 2.21. The third-order valence-corrected chi connectivity index (χ3v) is 3.73. The second-order valence-electron chi connectivity index (χ2n) is 5.77. The molecule has 1 fully saturated rings. The molecule has 1 amide bonds. The van der Waals surface area contributed by atoms with Crippen LogP contribution in [-0.4, -0.2) is 54.9 Å². The lowest BCUT2D eigenvalue weighted by atomic mass is 9.94. The van der Waals surface area contributed by atoms with Gasteiger partial charge in [-0.15, -0.1) is 0 Å². The number of amides is 1. The molecule has 1 aromatic rings. The van der Waals surface area contributed by atoms with E-state index in [4.69, 9.17) is 4.74 Å². The molecular weight excluding hydrogens is 268 g/mol. The quantitative estimate of drug-likeness (QED) is 0.813. The zero-order valence-corrected chi connectivity index (χ0v) is 12.5. The molecule has 1 aromatic carbocycles. The fraction of sp³-hybridized carbons (Fsp3) is 0.562. The maximum atomic E-state index is 11.9. The van der Waals surface area contributed by atoms with Crippen LogP contribution < -0.4 is 5.32 Å². The molecule has 0 spiro atoms. The van der Waals surface area contributed by atoms with E-state index in [0.717, 1.165) is 5.56 Å². The molecule has 116 valence electrons. The van der Waals surface area contributed by atoms with Crippen molar-refractivity contribution in [2.45, 2.75) is 25.0 Å². The van der Waals surface area contributed by atoms with E-state index in [1.807, 2.05) is 42.3 Å². The molecule has 1 saturated heterocycles. The number of carbonyl (C=O) groups excluding carboxylic acids is 1. The van der Waals surface area contributed by atoms with Gasteiger partial charge in [-0.1, -0.05) is 30.3 Å². The van der Waals surface area contributed by atoms with E-state index in [1.165, 1.54) is 0 Å². The van der Waals surface area contributed by atoms with Gasteiger partial charge in [0.1, 0.15) is 0 Å². The van der Waals surface area contributed by atoms with Crippen molar-refractivity contribution in [3.05, 3.63) is 35.9 Å². The van der Waals surface area contributed by atoms with Crippen LogP contribution in [0.1, 0.15) is 18.4 Å². The third kappa shape index (κ3) is 5.46. The molecule has 5 heteroatoms. The van der Waals surface area contributed by atoms with Crippen molar-refractivity contribution in [2.75, 3.05) is 33.4 Å². The van der Waals surface area contributed by atoms with Gasteiger partial charge < -0.3 is 15.2 Å². The van der Waals surface area contributed by atoms with E-state index in [1.54, 1.807) is 0 Å². The number of rotatable bonds is 6. The number of hydrogen-bond donors (Lipinski definition) is 2. The van der Waals surface area contributed by atoms with Crippen LogP contribution in [0.5, 0.6) is 0 Å². The summed E-state index contributed by atoms with van der Waals surface area (Å²) in [6.45, 7) is 2.49. The summed E-state index contributed by atoms with van der Waals surface area (Å²) in [7, 11) is 1.86. The van der Waals surface area contributed by atoms with Gasteiger partial charge in [-0.25, -0.2) is 0 Å². The second-order valence-corrected chi connectivity index (χ2v) is 5.77. The lowest BCUT2D eigenvalue weighted by Crippen LogP contribution is -2.47. The van der Waals surface area contributed by atoms with E-state index in [-0.39, 0.29) is 12.5 Å². The molecule has 0 radical (unpaired) electrons. The molecule has 2 N–H and O–H groups in total. The van der Waals surface area contributed by atoms with Crippen molar-refractivity contribution >= 4 is 5.91 Å². The second kappa shape index (κ2) is 7.54. The van der Waals surface area contributed by atoms with E-state index in [9.17, 15) is 9.90 Å². The summed E-state index contributed by atoms with van der Waals surface area (Å²) >= 11 is 0. The summed E-state index contributed by atoms with van der Waals surface area (Å²) in [5.41, 5.74) is 0.351. The van der Waals surface area contributed by atoms with Gasteiger partial charge in [0, 0.05) is 39.1 Å². The Hall–Kier alpha value is -1.43. The minimum Gasteiger partial charge on any atom is -0.388 e. The lowest BCUT2D eigenvalue weighted by Gasteiger charge is -2.35. The number of aliphatic hydroxyl groups is 1. The number of likely N-dealkylation sites (N-methyl/N-ethyl adjacent to an activating group) is 1. The van der Waals surface area contributed by atoms with E-state index in [0.29, 0.717) is 39.1 Å². The minimum atomic E-state index is -0.729. The highest BCUT2D eigenvalue weighted by molar-refractivity contribution is 5.77. The molecular formula is C16H24N2O3. The first-order valence-electron chi connectivity index (χ1n) is 7.37. The maximum Gasteiger partial charge on any atom is 0.234 e. The molecule has 0 bridgehead atoms. The van der Waals surface area contributed by atoms with Gasteiger partial charge >= 0.3 is 0 Å². The average Bonchev–Trinajstić information content (AvgIpc) is 2.46. The highest BCUT2D eigenvalue weighted by atomic mass is 16.5. The molecule has 0 saturated carbocycles. The summed E-state index contributed by atoms with van der Waals surface area (Å²) in [6, 6.07) is 9.82. The summed E-state index contributed by atoms with van der Waals surface area (Å²) < 4.78 is 5.26. The fourth-order valence-electron chi connectivity index (χ4n) is 2.57. The number of hydrogen-bond acceptors (Lipinski definition) is 4. The number of carbonyl (C=O) groups is 1. The van der Waals surface area contributed by atoms with Gasteiger partial charge in [0.15, 0.2) is 0 Å². The first-order valence-corrected chi connectivity index (χ1v) is 7.37. The van der Waals surface area contributed by atoms with Crippen LogP contribution in [0.4, 0.5) is 0 Å². The largest absolute Gasteiger partial charge is 0.388 e. The van der Waals surface area contributed by atoms with Crippen molar-refractivity contribution in [1.29, 1.82) is 0 Å². The fourth-order valence-corrected chi connectivity index (χ4v) is 2.57. The molecule has 21 heavy (non-hydrogen) atoms. The van der Waals surface area contributed by atoms with Crippen LogP contribution in [0.3, 0.4) is 0 Å². The Morgan fingerprint density at radius 2 is 2.00 bits per heavy atom. The Labute approximate surface area is 125 Å². The van der Waals surface area contributed by atoms with Crippen molar-refractivity contribution in [3.8, 4) is 0 Å². The van der Waals surface area contributed by atoms with E-state index < -0.39 is 5.60 Å². The third-order valence-electron chi connectivity index (χ3n) is 3.73.